The van der Waals surface area contributed by atoms with Gasteiger partial charge < -0.3 is 9.15 Å². The van der Waals surface area contributed by atoms with E-state index in [1.807, 2.05) is 61.7 Å². The number of rotatable bonds is 5. The van der Waals surface area contributed by atoms with Crippen molar-refractivity contribution in [3.63, 3.8) is 0 Å². The van der Waals surface area contributed by atoms with Gasteiger partial charge in [-0.3, -0.25) is 9.59 Å². The number of ether oxygens (including phenoxy) is 1. The first-order chi connectivity index (χ1) is 13.5. The highest BCUT2D eigenvalue weighted by molar-refractivity contribution is 7.12. The van der Waals surface area contributed by atoms with Crippen LogP contribution in [-0.4, -0.2) is 12.4 Å². The van der Waals surface area contributed by atoms with Crippen molar-refractivity contribution in [2.75, 3.05) is 6.61 Å². The van der Waals surface area contributed by atoms with E-state index in [1.54, 1.807) is 12.1 Å². The van der Waals surface area contributed by atoms with E-state index in [1.165, 1.54) is 11.3 Å². The van der Waals surface area contributed by atoms with Crippen molar-refractivity contribution < 1.29 is 13.9 Å². The van der Waals surface area contributed by atoms with Crippen LogP contribution in [0.25, 0.3) is 22.3 Å². The number of carbonyl (C=O) groups excluding carboxylic acids is 1. The SMILES string of the molecule is Cc1ccc(-c2oc3cc(C)ccc3c(=O)c2OCC(=O)c2cccs2)cc1. The fourth-order valence-corrected chi connectivity index (χ4v) is 3.61. The van der Waals surface area contributed by atoms with Gasteiger partial charge in [0, 0.05) is 5.56 Å². The summed E-state index contributed by atoms with van der Waals surface area (Å²) < 4.78 is 11.8. The van der Waals surface area contributed by atoms with Gasteiger partial charge in [0.15, 0.2) is 12.4 Å². The fourth-order valence-electron chi connectivity index (χ4n) is 2.96. The summed E-state index contributed by atoms with van der Waals surface area (Å²) in [5, 5.41) is 2.26. The van der Waals surface area contributed by atoms with Crippen molar-refractivity contribution in [2.45, 2.75) is 13.8 Å². The molecule has 2 aromatic heterocycles. The largest absolute Gasteiger partial charge is 0.478 e. The molecule has 0 fully saturated rings. The number of hydrogen-bond donors (Lipinski definition) is 0. The van der Waals surface area contributed by atoms with E-state index >= 15 is 0 Å². The number of benzene rings is 2. The van der Waals surface area contributed by atoms with Gasteiger partial charge in [-0.25, -0.2) is 0 Å². The molecule has 5 heteroatoms. The van der Waals surface area contributed by atoms with Gasteiger partial charge in [0.05, 0.1) is 10.3 Å². The molecule has 0 unspecified atom stereocenters. The molecule has 0 atom stereocenters. The third-order valence-corrected chi connectivity index (χ3v) is 5.37. The lowest BCUT2D eigenvalue weighted by Gasteiger charge is -2.11. The topological polar surface area (TPSA) is 56.5 Å². The number of fused-ring (bicyclic) bond motifs is 1. The molecule has 0 aliphatic rings. The molecule has 0 radical (unpaired) electrons. The van der Waals surface area contributed by atoms with Gasteiger partial charge in [0.25, 0.3) is 0 Å². The minimum Gasteiger partial charge on any atom is -0.478 e. The Labute approximate surface area is 166 Å². The van der Waals surface area contributed by atoms with E-state index in [2.05, 4.69) is 0 Å². The smallest absolute Gasteiger partial charge is 0.235 e. The molecule has 0 bridgehead atoms. The first-order valence-corrected chi connectivity index (χ1v) is 9.75. The Kier molecular flexibility index (Phi) is 4.84. The summed E-state index contributed by atoms with van der Waals surface area (Å²) in [5.74, 6) is 0.223. The van der Waals surface area contributed by atoms with Gasteiger partial charge in [0.1, 0.15) is 5.58 Å². The van der Waals surface area contributed by atoms with E-state index in [0.29, 0.717) is 21.6 Å². The Morgan fingerprint density at radius 2 is 1.79 bits per heavy atom. The second-order valence-electron chi connectivity index (χ2n) is 6.64. The van der Waals surface area contributed by atoms with Gasteiger partial charge >= 0.3 is 0 Å². The first-order valence-electron chi connectivity index (χ1n) is 8.87. The van der Waals surface area contributed by atoms with E-state index < -0.39 is 0 Å². The molecule has 140 valence electrons. The van der Waals surface area contributed by atoms with E-state index in [0.717, 1.165) is 16.7 Å². The summed E-state index contributed by atoms with van der Waals surface area (Å²) in [6, 6.07) is 16.6. The summed E-state index contributed by atoms with van der Waals surface area (Å²) in [6.45, 7) is 3.71. The minimum absolute atomic E-state index is 0.0603. The average molecular weight is 390 g/mol. The highest BCUT2D eigenvalue weighted by Gasteiger charge is 2.19. The van der Waals surface area contributed by atoms with Crippen molar-refractivity contribution in [2.24, 2.45) is 0 Å². The Morgan fingerprint density at radius 3 is 2.50 bits per heavy atom. The quantitative estimate of drug-likeness (QED) is 0.428. The van der Waals surface area contributed by atoms with Crippen LogP contribution in [0.1, 0.15) is 20.8 Å². The van der Waals surface area contributed by atoms with E-state index in [4.69, 9.17) is 9.15 Å². The van der Waals surface area contributed by atoms with Crippen molar-refractivity contribution in [3.8, 4) is 17.1 Å². The predicted octanol–water partition coefficient (Wildman–Crippen LogP) is 5.40. The Morgan fingerprint density at radius 1 is 1.04 bits per heavy atom. The molecular weight excluding hydrogens is 372 g/mol. The van der Waals surface area contributed by atoms with Crippen LogP contribution in [-0.2, 0) is 0 Å². The molecule has 4 nitrogen and oxygen atoms in total. The molecule has 0 aliphatic heterocycles. The van der Waals surface area contributed by atoms with Gasteiger partial charge in [-0.15, -0.1) is 11.3 Å². The maximum Gasteiger partial charge on any atom is 0.235 e. The number of Topliss-reactive ketones (excluding diaryl/α,β-unsaturated/α-hetero) is 1. The van der Waals surface area contributed by atoms with E-state index in [9.17, 15) is 9.59 Å². The molecule has 0 aliphatic carbocycles. The Bertz CT molecular complexity index is 1200. The highest BCUT2D eigenvalue weighted by Crippen LogP contribution is 2.31. The van der Waals surface area contributed by atoms with Crippen LogP contribution in [0.4, 0.5) is 0 Å². The van der Waals surface area contributed by atoms with Crippen LogP contribution < -0.4 is 10.2 Å². The van der Waals surface area contributed by atoms with Crippen LogP contribution in [0.3, 0.4) is 0 Å². The normalized spacial score (nSPS) is 10.9. The molecule has 0 saturated heterocycles. The lowest BCUT2D eigenvalue weighted by molar-refractivity contribution is 0.0924. The zero-order chi connectivity index (χ0) is 19.7. The number of thiophene rings is 1. The zero-order valence-corrected chi connectivity index (χ0v) is 16.3. The van der Waals surface area contributed by atoms with Gasteiger partial charge in [-0.05, 0) is 43.0 Å². The molecule has 4 aromatic rings. The third-order valence-electron chi connectivity index (χ3n) is 4.46. The van der Waals surface area contributed by atoms with Crippen LogP contribution in [0.5, 0.6) is 5.75 Å². The minimum atomic E-state index is -0.282. The van der Waals surface area contributed by atoms with Crippen molar-refractivity contribution in [1.29, 1.82) is 0 Å². The molecule has 4 rings (SSSR count). The zero-order valence-electron chi connectivity index (χ0n) is 15.5. The summed E-state index contributed by atoms with van der Waals surface area (Å²) in [7, 11) is 0. The Hall–Kier alpha value is -3.18. The molecule has 0 amide bonds. The lowest BCUT2D eigenvalue weighted by Crippen LogP contribution is -2.16. The van der Waals surface area contributed by atoms with Gasteiger partial charge in [0.2, 0.25) is 17.0 Å². The standard InChI is InChI=1S/C23H18O4S/c1-14-5-8-16(9-6-14)22-23(26-13-18(24)20-4-3-11-28-20)21(25)17-10-7-15(2)12-19(17)27-22/h3-12H,13H2,1-2H3. The molecule has 2 aromatic carbocycles. The summed E-state index contributed by atoms with van der Waals surface area (Å²) in [4.78, 5) is 26.0. The Balaban J connectivity index is 1.82. The number of ketones is 1. The number of carbonyl (C=O) groups is 1. The maximum atomic E-state index is 13.1. The second kappa shape index (κ2) is 7.44. The average Bonchev–Trinajstić information content (AvgIpc) is 3.22. The second-order valence-corrected chi connectivity index (χ2v) is 7.59. The number of hydrogen-bond acceptors (Lipinski definition) is 5. The predicted molar refractivity (Wildman–Crippen MR) is 112 cm³/mol. The lowest BCUT2D eigenvalue weighted by atomic mass is 10.1. The molecule has 28 heavy (non-hydrogen) atoms. The van der Waals surface area contributed by atoms with Crippen LogP contribution in [0.2, 0.25) is 0 Å². The van der Waals surface area contributed by atoms with Gasteiger partial charge in [-0.2, -0.15) is 0 Å². The first kappa shape index (κ1) is 18.2. The van der Waals surface area contributed by atoms with Crippen LogP contribution >= 0.6 is 11.3 Å². The molecule has 0 spiro atoms. The van der Waals surface area contributed by atoms with Crippen LogP contribution in [0, 0.1) is 13.8 Å². The summed E-state index contributed by atoms with van der Waals surface area (Å²) in [5.41, 5.74) is 3.03. The molecule has 2 heterocycles. The molecule has 0 saturated carbocycles. The van der Waals surface area contributed by atoms with Crippen molar-refractivity contribution in [1.82, 2.24) is 0 Å². The van der Waals surface area contributed by atoms with Crippen molar-refractivity contribution >= 4 is 28.1 Å². The maximum absolute atomic E-state index is 13.1. The molecule has 0 N–H and O–H groups in total. The summed E-state index contributed by atoms with van der Waals surface area (Å²) >= 11 is 1.35. The summed E-state index contributed by atoms with van der Waals surface area (Å²) in [6.07, 6.45) is 0. The highest BCUT2D eigenvalue weighted by atomic mass is 32.1. The monoisotopic (exact) mass is 390 g/mol. The van der Waals surface area contributed by atoms with Gasteiger partial charge in [-0.1, -0.05) is 42.0 Å². The van der Waals surface area contributed by atoms with Crippen molar-refractivity contribution in [3.05, 3.63) is 86.2 Å². The number of aryl methyl sites for hydroxylation is 2. The van der Waals surface area contributed by atoms with Crippen LogP contribution in [0.15, 0.2) is 69.2 Å². The third kappa shape index (κ3) is 3.49. The van der Waals surface area contributed by atoms with E-state index in [-0.39, 0.29) is 23.6 Å². The molecular formula is C23H18O4S. The fraction of sp³-hybridized carbons (Fsp3) is 0.130.